The van der Waals surface area contributed by atoms with Gasteiger partial charge in [-0.2, -0.15) is 0 Å². The number of aromatic carboxylic acids is 1. The van der Waals surface area contributed by atoms with Crippen molar-refractivity contribution in [3.05, 3.63) is 28.7 Å². The molecule has 1 N–H and O–H groups in total. The van der Waals surface area contributed by atoms with Gasteiger partial charge in [-0.1, -0.05) is 0 Å². The molecule has 1 saturated heterocycles. The van der Waals surface area contributed by atoms with E-state index in [1.54, 1.807) is 12.1 Å². The van der Waals surface area contributed by atoms with Gasteiger partial charge in [-0.3, -0.25) is 0 Å². The van der Waals surface area contributed by atoms with E-state index in [0.717, 1.165) is 25.9 Å². The molecule has 0 atom stereocenters. The van der Waals surface area contributed by atoms with Crippen molar-refractivity contribution in [3.8, 4) is 0 Å². The van der Waals surface area contributed by atoms with Crippen LogP contribution in [0, 0.1) is 4.91 Å². The summed E-state index contributed by atoms with van der Waals surface area (Å²) in [6.07, 6.45) is 2.15. The van der Waals surface area contributed by atoms with Gasteiger partial charge < -0.3 is 10.0 Å². The summed E-state index contributed by atoms with van der Waals surface area (Å²) >= 11 is 0. The average molecular weight is 220 g/mol. The predicted molar refractivity (Wildman–Crippen MR) is 60.3 cm³/mol. The standard InChI is InChI=1S/C11H12N2O3/c14-11(15)9-7-8(12-16)3-4-10(9)13-5-1-2-6-13/h3-4,7H,1-2,5-6H2,(H,14,15). The number of benzene rings is 1. The summed E-state index contributed by atoms with van der Waals surface area (Å²) < 4.78 is 0. The van der Waals surface area contributed by atoms with Gasteiger partial charge in [-0.15, -0.1) is 4.91 Å². The molecule has 0 amide bonds. The Bertz CT molecular complexity index is 425. The third-order valence-electron chi connectivity index (χ3n) is 2.76. The van der Waals surface area contributed by atoms with Crippen LogP contribution in [0.1, 0.15) is 23.2 Å². The quantitative estimate of drug-likeness (QED) is 0.794. The molecule has 1 aliphatic heterocycles. The lowest BCUT2D eigenvalue weighted by Gasteiger charge is -2.19. The molecule has 5 nitrogen and oxygen atoms in total. The number of hydrogen-bond acceptors (Lipinski definition) is 4. The summed E-state index contributed by atoms with van der Waals surface area (Å²) in [6.45, 7) is 1.74. The molecule has 0 radical (unpaired) electrons. The van der Waals surface area contributed by atoms with Crippen LogP contribution in [0.25, 0.3) is 0 Å². The van der Waals surface area contributed by atoms with E-state index in [-0.39, 0.29) is 11.3 Å². The molecule has 0 bridgehead atoms. The van der Waals surface area contributed by atoms with Crippen LogP contribution in [0.3, 0.4) is 0 Å². The molecule has 0 aromatic heterocycles. The molecule has 84 valence electrons. The Kier molecular flexibility index (Phi) is 2.85. The number of nitrogens with zero attached hydrogens (tertiary/aromatic N) is 2. The third kappa shape index (κ3) is 1.88. The lowest BCUT2D eigenvalue weighted by Crippen LogP contribution is -2.20. The largest absolute Gasteiger partial charge is 0.478 e. The van der Waals surface area contributed by atoms with E-state index in [9.17, 15) is 9.70 Å². The van der Waals surface area contributed by atoms with Gasteiger partial charge in [-0.05, 0) is 36.2 Å². The zero-order valence-electron chi connectivity index (χ0n) is 8.72. The van der Waals surface area contributed by atoms with Crippen LogP contribution < -0.4 is 4.90 Å². The van der Waals surface area contributed by atoms with Crippen LogP contribution in [0.2, 0.25) is 0 Å². The fourth-order valence-electron chi connectivity index (χ4n) is 1.99. The molecule has 0 unspecified atom stereocenters. The van der Waals surface area contributed by atoms with Crippen LogP contribution >= 0.6 is 0 Å². The molecule has 1 heterocycles. The fourth-order valence-corrected chi connectivity index (χ4v) is 1.99. The lowest BCUT2D eigenvalue weighted by molar-refractivity contribution is 0.0697. The van der Waals surface area contributed by atoms with Crippen LogP contribution in [-0.2, 0) is 0 Å². The molecule has 2 rings (SSSR count). The number of hydrogen-bond donors (Lipinski definition) is 1. The van der Waals surface area contributed by atoms with Gasteiger partial charge in [0, 0.05) is 13.1 Å². The Balaban J connectivity index is 2.42. The number of rotatable bonds is 3. The monoisotopic (exact) mass is 220 g/mol. The van der Waals surface area contributed by atoms with E-state index in [4.69, 9.17) is 5.11 Å². The molecule has 1 aliphatic rings. The van der Waals surface area contributed by atoms with Gasteiger partial charge in [-0.25, -0.2) is 4.79 Å². The van der Waals surface area contributed by atoms with E-state index >= 15 is 0 Å². The number of carboxylic acid groups (broad SMARTS) is 1. The maximum absolute atomic E-state index is 11.1. The van der Waals surface area contributed by atoms with Gasteiger partial charge in [0.1, 0.15) is 5.69 Å². The van der Waals surface area contributed by atoms with Gasteiger partial charge >= 0.3 is 5.97 Å². The van der Waals surface area contributed by atoms with Crippen molar-refractivity contribution in [1.29, 1.82) is 0 Å². The molecule has 0 spiro atoms. The van der Waals surface area contributed by atoms with E-state index in [2.05, 4.69) is 5.18 Å². The minimum Gasteiger partial charge on any atom is -0.478 e. The summed E-state index contributed by atoms with van der Waals surface area (Å²) in [6, 6.07) is 4.53. The molecular formula is C11H12N2O3. The summed E-state index contributed by atoms with van der Waals surface area (Å²) in [5.74, 6) is -1.02. The average Bonchev–Trinajstić information content (AvgIpc) is 2.81. The second kappa shape index (κ2) is 4.30. The van der Waals surface area contributed by atoms with E-state index < -0.39 is 5.97 Å². The minimum absolute atomic E-state index is 0.152. The molecule has 5 heteroatoms. The first-order valence-electron chi connectivity index (χ1n) is 5.18. The highest BCUT2D eigenvalue weighted by Gasteiger charge is 2.19. The summed E-state index contributed by atoms with van der Waals surface area (Å²) in [5, 5.41) is 11.8. The first-order chi connectivity index (χ1) is 7.72. The normalized spacial score (nSPS) is 15.1. The summed E-state index contributed by atoms with van der Waals surface area (Å²) in [7, 11) is 0. The van der Waals surface area contributed by atoms with Crippen LogP contribution in [0.4, 0.5) is 11.4 Å². The predicted octanol–water partition coefficient (Wildman–Crippen LogP) is 2.38. The Labute approximate surface area is 92.7 Å². The molecule has 1 aromatic carbocycles. The van der Waals surface area contributed by atoms with Crippen LogP contribution in [0.15, 0.2) is 23.4 Å². The van der Waals surface area contributed by atoms with E-state index in [0.29, 0.717) is 5.69 Å². The Morgan fingerprint density at radius 1 is 1.31 bits per heavy atom. The summed E-state index contributed by atoms with van der Waals surface area (Å²) in [4.78, 5) is 23.5. The second-order valence-electron chi connectivity index (χ2n) is 3.79. The summed E-state index contributed by atoms with van der Waals surface area (Å²) in [5.41, 5.74) is 0.983. The van der Waals surface area contributed by atoms with Crippen LogP contribution in [0.5, 0.6) is 0 Å². The third-order valence-corrected chi connectivity index (χ3v) is 2.76. The first kappa shape index (κ1) is 10.6. The molecule has 16 heavy (non-hydrogen) atoms. The smallest absolute Gasteiger partial charge is 0.337 e. The lowest BCUT2D eigenvalue weighted by atomic mass is 10.1. The molecule has 0 aliphatic carbocycles. The SMILES string of the molecule is O=Nc1ccc(N2CCCC2)c(C(=O)O)c1. The van der Waals surface area contributed by atoms with Gasteiger partial charge in [0.05, 0.1) is 11.3 Å². The van der Waals surface area contributed by atoms with Crippen molar-refractivity contribution in [1.82, 2.24) is 0 Å². The minimum atomic E-state index is -1.02. The van der Waals surface area contributed by atoms with Gasteiger partial charge in [0.2, 0.25) is 0 Å². The number of nitroso groups, excluding NO2 is 1. The first-order valence-corrected chi connectivity index (χ1v) is 5.18. The van der Waals surface area contributed by atoms with Crippen molar-refractivity contribution in [3.63, 3.8) is 0 Å². The van der Waals surface area contributed by atoms with Crippen molar-refractivity contribution in [2.24, 2.45) is 5.18 Å². The highest BCUT2D eigenvalue weighted by molar-refractivity contribution is 5.95. The second-order valence-corrected chi connectivity index (χ2v) is 3.79. The highest BCUT2D eigenvalue weighted by Crippen LogP contribution is 2.28. The Hall–Kier alpha value is -1.91. The van der Waals surface area contributed by atoms with Crippen molar-refractivity contribution in [2.75, 3.05) is 18.0 Å². The van der Waals surface area contributed by atoms with E-state index in [1.807, 2.05) is 4.90 Å². The number of carbonyl (C=O) groups is 1. The topological polar surface area (TPSA) is 70.0 Å². The van der Waals surface area contributed by atoms with Crippen molar-refractivity contribution in [2.45, 2.75) is 12.8 Å². The maximum atomic E-state index is 11.1. The van der Waals surface area contributed by atoms with Crippen molar-refractivity contribution < 1.29 is 9.90 Å². The fraction of sp³-hybridized carbons (Fsp3) is 0.364. The van der Waals surface area contributed by atoms with Gasteiger partial charge in [0.25, 0.3) is 0 Å². The number of carboxylic acids is 1. The van der Waals surface area contributed by atoms with Crippen molar-refractivity contribution >= 4 is 17.3 Å². The molecule has 1 aromatic rings. The Morgan fingerprint density at radius 3 is 2.56 bits per heavy atom. The van der Waals surface area contributed by atoms with Crippen LogP contribution in [-0.4, -0.2) is 24.2 Å². The maximum Gasteiger partial charge on any atom is 0.337 e. The zero-order valence-corrected chi connectivity index (χ0v) is 8.72. The molecule has 0 saturated carbocycles. The van der Waals surface area contributed by atoms with Gasteiger partial charge in [0.15, 0.2) is 0 Å². The zero-order chi connectivity index (χ0) is 11.5. The Morgan fingerprint density at radius 2 is 2.00 bits per heavy atom. The molecule has 1 fully saturated rings. The van der Waals surface area contributed by atoms with E-state index in [1.165, 1.54) is 6.07 Å². The molecular weight excluding hydrogens is 208 g/mol. The highest BCUT2D eigenvalue weighted by atomic mass is 16.4. The number of anilines is 1.